The van der Waals surface area contributed by atoms with Gasteiger partial charge >= 0.3 is 0 Å². The van der Waals surface area contributed by atoms with E-state index in [2.05, 4.69) is 59.2 Å². The smallest absolute Gasteiger partial charge is 0.119 e. The Bertz CT molecular complexity index is 800. The van der Waals surface area contributed by atoms with Crippen LogP contribution in [0.25, 0.3) is 0 Å². The molecule has 3 nitrogen and oxygen atoms in total. The van der Waals surface area contributed by atoms with Crippen molar-refractivity contribution in [2.24, 2.45) is 0 Å². The molecule has 0 amide bonds. The lowest BCUT2D eigenvalue weighted by Crippen LogP contribution is -2.32. The molecule has 4 rings (SSSR count). The summed E-state index contributed by atoms with van der Waals surface area (Å²) in [7, 11) is 0. The highest BCUT2D eigenvalue weighted by atomic mass is 16.5. The fourth-order valence-electron chi connectivity index (χ4n) is 2.93. The van der Waals surface area contributed by atoms with Crippen LogP contribution in [0.5, 0.6) is 5.75 Å². The maximum atomic E-state index is 5.85. The molecule has 3 aromatic carbocycles. The molecule has 0 saturated carbocycles. The first kappa shape index (κ1) is 14.8. The van der Waals surface area contributed by atoms with Gasteiger partial charge in [-0.05, 0) is 34.9 Å². The minimum Gasteiger partial charge on any atom is -0.489 e. The van der Waals surface area contributed by atoms with Gasteiger partial charge in [0.1, 0.15) is 18.5 Å². The fraction of sp³-hybridized carbons (Fsp3) is 0.143. The van der Waals surface area contributed by atoms with Crippen molar-refractivity contribution >= 4 is 5.69 Å². The fourth-order valence-corrected chi connectivity index (χ4v) is 2.93. The highest BCUT2D eigenvalue weighted by Gasteiger charge is 2.17. The molecule has 1 heterocycles. The van der Waals surface area contributed by atoms with Crippen molar-refractivity contribution in [3.8, 4) is 5.75 Å². The van der Waals surface area contributed by atoms with Gasteiger partial charge in [-0.1, -0.05) is 60.7 Å². The largest absolute Gasteiger partial charge is 0.489 e. The number of anilines is 1. The van der Waals surface area contributed by atoms with Gasteiger partial charge in [0, 0.05) is 12.2 Å². The summed E-state index contributed by atoms with van der Waals surface area (Å²) in [4.78, 5) is 0. The molecule has 1 atom stereocenters. The third-order valence-corrected chi connectivity index (χ3v) is 4.28. The molecule has 1 aliphatic rings. The number of para-hydroxylation sites is 1. The van der Waals surface area contributed by atoms with Crippen LogP contribution >= 0.6 is 0 Å². The van der Waals surface area contributed by atoms with Gasteiger partial charge in [0.2, 0.25) is 0 Å². The van der Waals surface area contributed by atoms with E-state index in [-0.39, 0.29) is 6.17 Å². The minimum absolute atomic E-state index is 0.128. The van der Waals surface area contributed by atoms with Crippen LogP contribution in [0.3, 0.4) is 0 Å². The van der Waals surface area contributed by atoms with Crippen molar-refractivity contribution in [1.82, 2.24) is 5.32 Å². The molecule has 3 heteroatoms. The summed E-state index contributed by atoms with van der Waals surface area (Å²) >= 11 is 0. The standard InChI is InChI=1S/C21H20N2O/c1-2-6-16(7-3-1)15-24-19-12-10-17(11-13-19)21-22-14-18-8-4-5-9-20(18)23-21/h1-13,21-23H,14-15H2. The van der Waals surface area contributed by atoms with Crippen molar-refractivity contribution in [3.63, 3.8) is 0 Å². The molecule has 120 valence electrons. The number of hydrogen-bond acceptors (Lipinski definition) is 3. The Balaban J connectivity index is 1.41. The molecule has 24 heavy (non-hydrogen) atoms. The number of nitrogens with one attached hydrogen (secondary N) is 2. The van der Waals surface area contributed by atoms with Crippen molar-refractivity contribution in [2.45, 2.75) is 19.3 Å². The van der Waals surface area contributed by atoms with Gasteiger partial charge in [0.15, 0.2) is 0 Å². The average molecular weight is 316 g/mol. The summed E-state index contributed by atoms with van der Waals surface area (Å²) in [5, 5.41) is 7.06. The molecule has 0 aliphatic carbocycles. The maximum absolute atomic E-state index is 5.85. The van der Waals surface area contributed by atoms with E-state index >= 15 is 0 Å². The second-order valence-corrected chi connectivity index (χ2v) is 5.96. The number of rotatable bonds is 4. The Kier molecular flexibility index (Phi) is 4.17. The minimum atomic E-state index is 0.128. The SMILES string of the molecule is c1ccc(COc2ccc(C3NCc4ccccc4N3)cc2)cc1. The van der Waals surface area contributed by atoms with Gasteiger partial charge in [-0.2, -0.15) is 0 Å². The van der Waals surface area contributed by atoms with E-state index in [1.54, 1.807) is 0 Å². The predicted octanol–water partition coefficient (Wildman–Crippen LogP) is 4.48. The van der Waals surface area contributed by atoms with E-state index in [0.717, 1.165) is 12.3 Å². The number of ether oxygens (including phenoxy) is 1. The highest BCUT2D eigenvalue weighted by Crippen LogP contribution is 2.27. The summed E-state index contributed by atoms with van der Waals surface area (Å²) in [6.45, 7) is 1.47. The number of hydrogen-bond donors (Lipinski definition) is 2. The topological polar surface area (TPSA) is 33.3 Å². The van der Waals surface area contributed by atoms with Crippen LogP contribution in [0.15, 0.2) is 78.9 Å². The molecule has 2 N–H and O–H groups in total. The lowest BCUT2D eigenvalue weighted by atomic mass is 10.1. The Hall–Kier alpha value is -2.78. The van der Waals surface area contributed by atoms with E-state index in [9.17, 15) is 0 Å². The van der Waals surface area contributed by atoms with Gasteiger partial charge in [-0.25, -0.2) is 0 Å². The third kappa shape index (κ3) is 3.26. The van der Waals surface area contributed by atoms with Crippen LogP contribution in [-0.2, 0) is 13.2 Å². The van der Waals surface area contributed by atoms with Crippen LogP contribution in [0.4, 0.5) is 5.69 Å². The summed E-state index contributed by atoms with van der Waals surface area (Å²) in [6.07, 6.45) is 0.128. The second-order valence-electron chi connectivity index (χ2n) is 5.96. The highest BCUT2D eigenvalue weighted by molar-refractivity contribution is 5.54. The van der Waals surface area contributed by atoms with E-state index in [4.69, 9.17) is 4.74 Å². The van der Waals surface area contributed by atoms with Crippen LogP contribution in [0.1, 0.15) is 22.9 Å². The van der Waals surface area contributed by atoms with Crippen LogP contribution in [0.2, 0.25) is 0 Å². The molecule has 0 fully saturated rings. The molecule has 0 spiro atoms. The Morgan fingerprint density at radius 2 is 1.58 bits per heavy atom. The van der Waals surface area contributed by atoms with Gasteiger partial charge in [0.05, 0.1) is 0 Å². The van der Waals surface area contributed by atoms with E-state index in [1.165, 1.54) is 22.4 Å². The van der Waals surface area contributed by atoms with Crippen LogP contribution in [-0.4, -0.2) is 0 Å². The Morgan fingerprint density at radius 3 is 2.42 bits per heavy atom. The molecule has 0 radical (unpaired) electrons. The van der Waals surface area contributed by atoms with Crippen molar-refractivity contribution in [1.29, 1.82) is 0 Å². The number of fused-ring (bicyclic) bond motifs is 1. The summed E-state index contributed by atoms with van der Waals surface area (Å²) in [5.74, 6) is 0.888. The molecule has 0 aromatic heterocycles. The first-order chi connectivity index (χ1) is 11.9. The molecule has 1 unspecified atom stereocenters. The third-order valence-electron chi connectivity index (χ3n) is 4.28. The van der Waals surface area contributed by atoms with Crippen molar-refractivity contribution < 1.29 is 4.74 Å². The zero-order chi connectivity index (χ0) is 16.2. The monoisotopic (exact) mass is 316 g/mol. The average Bonchev–Trinajstić information content (AvgIpc) is 2.67. The first-order valence-electron chi connectivity index (χ1n) is 8.23. The lowest BCUT2D eigenvalue weighted by Gasteiger charge is -2.28. The number of benzene rings is 3. The molecule has 0 bridgehead atoms. The lowest BCUT2D eigenvalue weighted by molar-refractivity contribution is 0.306. The van der Waals surface area contributed by atoms with Crippen LogP contribution < -0.4 is 15.4 Å². The summed E-state index contributed by atoms with van der Waals surface area (Å²) < 4.78 is 5.85. The predicted molar refractivity (Wildman–Crippen MR) is 96.9 cm³/mol. The van der Waals surface area contributed by atoms with Crippen LogP contribution in [0, 0.1) is 0 Å². The maximum Gasteiger partial charge on any atom is 0.119 e. The zero-order valence-corrected chi connectivity index (χ0v) is 13.4. The molecule has 0 saturated heterocycles. The summed E-state index contributed by atoms with van der Waals surface area (Å²) in [5.41, 5.74) is 4.88. The van der Waals surface area contributed by atoms with Gasteiger partial charge < -0.3 is 10.1 Å². The Morgan fingerprint density at radius 1 is 0.833 bits per heavy atom. The molecule has 1 aliphatic heterocycles. The second kappa shape index (κ2) is 6.77. The van der Waals surface area contributed by atoms with Gasteiger partial charge in [0.25, 0.3) is 0 Å². The quantitative estimate of drug-likeness (QED) is 0.744. The first-order valence-corrected chi connectivity index (χ1v) is 8.23. The van der Waals surface area contributed by atoms with E-state index in [0.29, 0.717) is 6.61 Å². The zero-order valence-electron chi connectivity index (χ0n) is 13.4. The normalized spacial score (nSPS) is 16.1. The molecule has 3 aromatic rings. The van der Waals surface area contributed by atoms with Gasteiger partial charge in [-0.15, -0.1) is 0 Å². The van der Waals surface area contributed by atoms with E-state index in [1.807, 2.05) is 30.3 Å². The summed E-state index contributed by atoms with van der Waals surface area (Å²) in [6, 6.07) is 26.9. The molecular weight excluding hydrogens is 296 g/mol. The molecular formula is C21H20N2O. The van der Waals surface area contributed by atoms with Crippen molar-refractivity contribution in [3.05, 3.63) is 95.6 Å². The van der Waals surface area contributed by atoms with Gasteiger partial charge in [-0.3, -0.25) is 5.32 Å². The van der Waals surface area contributed by atoms with E-state index < -0.39 is 0 Å². The van der Waals surface area contributed by atoms with Crippen molar-refractivity contribution in [2.75, 3.05) is 5.32 Å². The Labute approximate surface area is 142 Å².